The largest absolute Gasteiger partial charge is 0.289 e. The van der Waals surface area contributed by atoms with Gasteiger partial charge < -0.3 is 0 Å². The van der Waals surface area contributed by atoms with E-state index in [0.717, 1.165) is 34.2 Å². The summed E-state index contributed by atoms with van der Waals surface area (Å²) < 4.78 is 3.58. The van der Waals surface area contributed by atoms with Gasteiger partial charge in [-0.25, -0.2) is 14.5 Å². The van der Waals surface area contributed by atoms with E-state index in [1.54, 1.807) is 10.9 Å². The third kappa shape index (κ3) is 3.46. The number of aryl methyl sites for hydroxylation is 3. The Bertz CT molecular complexity index is 1070. The molecule has 8 nitrogen and oxygen atoms in total. The monoisotopic (exact) mass is 360 g/mol. The fraction of sp³-hybridized carbons (Fsp3) is 0.263. The molecule has 4 rings (SSSR count). The molecule has 3 heterocycles. The molecule has 0 bridgehead atoms. The number of nitrogens with zero attached hydrogens (tertiary/aromatic N) is 8. The van der Waals surface area contributed by atoms with Gasteiger partial charge in [0.25, 0.3) is 0 Å². The average molecular weight is 360 g/mol. The molecule has 136 valence electrons. The summed E-state index contributed by atoms with van der Waals surface area (Å²) in [5.74, 6) is 2.24. The molecule has 0 radical (unpaired) electrons. The van der Waals surface area contributed by atoms with E-state index in [-0.39, 0.29) is 0 Å². The standard InChI is InChI=1S/C19H20N8/c1-13-11-21-14(2)19-22-16(24-27(13)19)9-10-20-12-17-23-18(25-26(17)3)15-7-5-4-6-8-15/h4-8,10-11H,9,12H2,1-3H3. The summed E-state index contributed by atoms with van der Waals surface area (Å²) in [5.41, 5.74) is 3.61. The van der Waals surface area contributed by atoms with Gasteiger partial charge in [-0.15, -0.1) is 0 Å². The van der Waals surface area contributed by atoms with Crippen molar-refractivity contribution in [2.75, 3.05) is 0 Å². The van der Waals surface area contributed by atoms with E-state index in [1.807, 2.05) is 62.0 Å². The molecule has 4 aromatic rings. The molecule has 0 atom stereocenters. The summed E-state index contributed by atoms with van der Waals surface area (Å²) in [6.07, 6.45) is 4.18. The number of aromatic nitrogens is 7. The molecule has 27 heavy (non-hydrogen) atoms. The first kappa shape index (κ1) is 17.0. The van der Waals surface area contributed by atoms with Gasteiger partial charge in [-0.2, -0.15) is 10.2 Å². The van der Waals surface area contributed by atoms with Crippen molar-refractivity contribution in [2.24, 2.45) is 12.0 Å². The Labute approximate surface area is 156 Å². The van der Waals surface area contributed by atoms with Gasteiger partial charge >= 0.3 is 0 Å². The van der Waals surface area contributed by atoms with E-state index in [9.17, 15) is 0 Å². The molecule has 0 spiro atoms. The third-order valence-electron chi connectivity index (χ3n) is 4.27. The second-order valence-corrected chi connectivity index (χ2v) is 6.32. The molecular formula is C19H20N8. The summed E-state index contributed by atoms with van der Waals surface area (Å²) in [5, 5.41) is 8.98. The smallest absolute Gasteiger partial charge is 0.181 e. The van der Waals surface area contributed by atoms with Crippen LogP contribution in [0.1, 0.15) is 23.0 Å². The molecule has 0 aliphatic carbocycles. The Morgan fingerprint density at radius 3 is 2.67 bits per heavy atom. The lowest BCUT2D eigenvalue weighted by molar-refractivity contribution is 0.704. The highest BCUT2D eigenvalue weighted by Crippen LogP contribution is 2.14. The lowest BCUT2D eigenvalue weighted by atomic mass is 10.2. The lowest BCUT2D eigenvalue weighted by Gasteiger charge is -1.97. The molecule has 0 fully saturated rings. The Morgan fingerprint density at radius 1 is 1.07 bits per heavy atom. The zero-order valence-corrected chi connectivity index (χ0v) is 15.5. The van der Waals surface area contributed by atoms with Crippen molar-refractivity contribution < 1.29 is 0 Å². The average Bonchev–Trinajstić information content (AvgIpc) is 3.27. The van der Waals surface area contributed by atoms with Crippen LogP contribution in [0.3, 0.4) is 0 Å². The summed E-state index contributed by atoms with van der Waals surface area (Å²) in [4.78, 5) is 17.9. The Morgan fingerprint density at radius 2 is 1.89 bits per heavy atom. The van der Waals surface area contributed by atoms with Crippen LogP contribution in [0, 0.1) is 13.8 Å². The van der Waals surface area contributed by atoms with Crippen LogP contribution in [0.25, 0.3) is 17.0 Å². The molecule has 0 aliphatic heterocycles. The first-order chi connectivity index (χ1) is 13.1. The van der Waals surface area contributed by atoms with Crippen LogP contribution in [0.5, 0.6) is 0 Å². The van der Waals surface area contributed by atoms with E-state index >= 15 is 0 Å². The quantitative estimate of drug-likeness (QED) is 0.510. The molecule has 0 N–H and O–H groups in total. The van der Waals surface area contributed by atoms with Crippen LogP contribution in [-0.2, 0) is 20.0 Å². The normalized spacial score (nSPS) is 11.7. The highest BCUT2D eigenvalue weighted by Gasteiger charge is 2.09. The van der Waals surface area contributed by atoms with Gasteiger partial charge in [0, 0.05) is 31.4 Å². The molecular weight excluding hydrogens is 340 g/mol. The molecule has 0 saturated heterocycles. The number of benzene rings is 1. The van der Waals surface area contributed by atoms with Gasteiger partial charge in [0.15, 0.2) is 17.3 Å². The summed E-state index contributed by atoms with van der Waals surface area (Å²) >= 11 is 0. The second-order valence-electron chi connectivity index (χ2n) is 6.32. The predicted molar refractivity (Wildman–Crippen MR) is 103 cm³/mol. The number of hydrogen-bond donors (Lipinski definition) is 0. The summed E-state index contributed by atoms with van der Waals surface area (Å²) in [7, 11) is 1.88. The maximum atomic E-state index is 4.58. The van der Waals surface area contributed by atoms with Crippen LogP contribution in [-0.4, -0.2) is 40.6 Å². The molecule has 0 unspecified atom stereocenters. The van der Waals surface area contributed by atoms with Gasteiger partial charge in [-0.3, -0.25) is 14.7 Å². The van der Waals surface area contributed by atoms with Gasteiger partial charge in [-0.05, 0) is 13.8 Å². The Kier molecular flexibility index (Phi) is 4.45. The van der Waals surface area contributed by atoms with Crippen LogP contribution in [0.4, 0.5) is 0 Å². The van der Waals surface area contributed by atoms with E-state index in [4.69, 9.17) is 0 Å². The highest BCUT2D eigenvalue weighted by molar-refractivity contribution is 5.60. The summed E-state index contributed by atoms with van der Waals surface area (Å²) in [6.45, 7) is 4.35. The van der Waals surface area contributed by atoms with Crippen LogP contribution >= 0.6 is 0 Å². The fourth-order valence-electron chi connectivity index (χ4n) is 2.78. The Hall–Kier alpha value is -3.42. The van der Waals surface area contributed by atoms with Crippen LogP contribution in [0.2, 0.25) is 0 Å². The lowest BCUT2D eigenvalue weighted by Crippen LogP contribution is -1.99. The Balaban J connectivity index is 1.45. The zero-order chi connectivity index (χ0) is 18.8. The first-order valence-electron chi connectivity index (χ1n) is 8.73. The van der Waals surface area contributed by atoms with Crippen molar-refractivity contribution >= 4 is 11.9 Å². The van der Waals surface area contributed by atoms with Crippen molar-refractivity contribution in [2.45, 2.75) is 26.8 Å². The van der Waals surface area contributed by atoms with E-state index < -0.39 is 0 Å². The maximum absolute atomic E-state index is 4.58. The van der Waals surface area contributed by atoms with Gasteiger partial charge in [-0.1, -0.05) is 30.3 Å². The topological polar surface area (TPSA) is 86.1 Å². The van der Waals surface area contributed by atoms with Crippen molar-refractivity contribution in [3.8, 4) is 11.4 Å². The van der Waals surface area contributed by atoms with Crippen molar-refractivity contribution in [1.82, 2.24) is 34.3 Å². The first-order valence-corrected chi connectivity index (χ1v) is 8.73. The maximum Gasteiger partial charge on any atom is 0.181 e. The predicted octanol–water partition coefficient (Wildman–Crippen LogP) is 2.35. The van der Waals surface area contributed by atoms with Crippen LogP contribution in [0.15, 0.2) is 41.5 Å². The third-order valence-corrected chi connectivity index (χ3v) is 4.27. The number of hydrogen-bond acceptors (Lipinski definition) is 6. The number of aliphatic imine (C=N–C) groups is 1. The second kappa shape index (κ2) is 7.06. The van der Waals surface area contributed by atoms with Crippen molar-refractivity contribution in [3.05, 3.63) is 59.6 Å². The summed E-state index contributed by atoms with van der Waals surface area (Å²) in [6, 6.07) is 9.92. The SMILES string of the molecule is Cc1ncc(C)n2nc(CC=NCc3nc(-c4ccccc4)nn3C)nc12. The van der Waals surface area contributed by atoms with Crippen molar-refractivity contribution in [1.29, 1.82) is 0 Å². The van der Waals surface area contributed by atoms with Crippen LogP contribution < -0.4 is 0 Å². The fourth-order valence-corrected chi connectivity index (χ4v) is 2.78. The molecule has 8 heteroatoms. The minimum Gasteiger partial charge on any atom is -0.289 e. The van der Waals surface area contributed by atoms with E-state index in [0.29, 0.717) is 18.8 Å². The minimum atomic E-state index is 0.462. The molecule has 1 aromatic carbocycles. The molecule has 3 aromatic heterocycles. The zero-order valence-electron chi connectivity index (χ0n) is 15.5. The van der Waals surface area contributed by atoms with E-state index in [1.165, 1.54) is 0 Å². The van der Waals surface area contributed by atoms with Gasteiger partial charge in [0.2, 0.25) is 0 Å². The highest BCUT2D eigenvalue weighted by atomic mass is 15.3. The number of rotatable bonds is 5. The number of fused-ring (bicyclic) bond motifs is 1. The molecule has 0 aliphatic rings. The van der Waals surface area contributed by atoms with E-state index in [2.05, 4.69) is 30.1 Å². The molecule has 0 amide bonds. The van der Waals surface area contributed by atoms with Gasteiger partial charge in [0.05, 0.1) is 17.9 Å². The minimum absolute atomic E-state index is 0.462. The van der Waals surface area contributed by atoms with Gasteiger partial charge in [0.1, 0.15) is 5.82 Å². The van der Waals surface area contributed by atoms with Crippen molar-refractivity contribution in [3.63, 3.8) is 0 Å². The molecule has 0 saturated carbocycles.